The molecule has 0 spiro atoms. The minimum Gasteiger partial charge on any atom is -0.464 e. The van der Waals surface area contributed by atoms with E-state index in [1.54, 1.807) is 6.92 Å². The molecule has 0 saturated heterocycles. The lowest BCUT2D eigenvalue weighted by atomic mass is 9.74. The minimum atomic E-state index is -1.35. The Balaban J connectivity index is 2.20. The molecule has 2 fully saturated rings. The number of carbonyl (C=O) groups is 3. The largest absolute Gasteiger partial charge is 0.464 e. The zero-order chi connectivity index (χ0) is 17.4. The van der Waals surface area contributed by atoms with Crippen molar-refractivity contribution in [1.29, 1.82) is 0 Å². The molecular formula is C17H26O6. The molecule has 2 rings (SSSR count). The molecule has 2 N–H and O–H groups in total. The molecule has 6 nitrogen and oxygen atoms in total. The summed E-state index contributed by atoms with van der Waals surface area (Å²) >= 11 is 0. The van der Waals surface area contributed by atoms with Crippen molar-refractivity contribution < 1.29 is 29.3 Å². The van der Waals surface area contributed by atoms with E-state index < -0.39 is 35.8 Å². The van der Waals surface area contributed by atoms with Crippen LogP contribution in [0, 0.1) is 28.6 Å². The fourth-order valence-corrected chi connectivity index (χ4v) is 4.35. The summed E-state index contributed by atoms with van der Waals surface area (Å²) < 4.78 is 5.35. The standard InChI is InChI=1S/C17H26O6/c1-4-16(7-18,8-19)15(22)23-9-17-6-5-11(12(17)10(2)3)13(20)14(17)21/h10-12,18-19H,4-9H2,1-3H3. The molecule has 2 aliphatic rings. The average molecular weight is 326 g/mol. The van der Waals surface area contributed by atoms with Gasteiger partial charge in [0.2, 0.25) is 11.6 Å². The highest BCUT2D eigenvalue weighted by Gasteiger charge is 2.65. The van der Waals surface area contributed by atoms with Gasteiger partial charge in [-0.3, -0.25) is 14.4 Å². The van der Waals surface area contributed by atoms with E-state index in [1.165, 1.54) is 0 Å². The molecule has 3 atom stereocenters. The first-order valence-corrected chi connectivity index (χ1v) is 8.27. The van der Waals surface area contributed by atoms with Gasteiger partial charge in [0.25, 0.3) is 0 Å². The molecule has 130 valence electrons. The van der Waals surface area contributed by atoms with Gasteiger partial charge in [-0.25, -0.2) is 0 Å². The van der Waals surface area contributed by atoms with Crippen LogP contribution in [0.25, 0.3) is 0 Å². The summed E-state index contributed by atoms with van der Waals surface area (Å²) in [7, 11) is 0. The maximum atomic E-state index is 12.4. The van der Waals surface area contributed by atoms with Gasteiger partial charge in [-0.15, -0.1) is 0 Å². The van der Waals surface area contributed by atoms with E-state index in [9.17, 15) is 24.6 Å². The van der Waals surface area contributed by atoms with E-state index in [0.717, 1.165) is 0 Å². The number of esters is 1. The number of aliphatic hydroxyl groups excluding tert-OH is 2. The van der Waals surface area contributed by atoms with E-state index >= 15 is 0 Å². The van der Waals surface area contributed by atoms with Crippen LogP contribution in [0.4, 0.5) is 0 Å². The average Bonchev–Trinajstić information content (AvgIpc) is 3.02. The number of hydrogen-bond donors (Lipinski definition) is 2. The molecule has 0 aromatic heterocycles. The quantitative estimate of drug-likeness (QED) is 0.528. The van der Waals surface area contributed by atoms with Crippen LogP contribution >= 0.6 is 0 Å². The topological polar surface area (TPSA) is 101 Å². The van der Waals surface area contributed by atoms with Crippen LogP contribution in [0.3, 0.4) is 0 Å². The van der Waals surface area contributed by atoms with E-state index in [2.05, 4.69) is 0 Å². The molecule has 23 heavy (non-hydrogen) atoms. The third-order valence-corrected chi connectivity index (χ3v) is 5.88. The van der Waals surface area contributed by atoms with Gasteiger partial charge in [-0.05, 0) is 31.1 Å². The Morgan fingerprint density at radius 2 is 1.96 bits per heavy atom. The Labute approximate surface area is 136 Å². The second-order valence-electron chi connectivity index (χ2n) is 7.29. The lowest BCUT2D eigenvalue weighted by molar-refractivity contribution is -0.168. The molecule has 0 amide bonds. The highest BCUT2D eigenvalue weighted by molar-refractivity contribution is 6.43. The van der Waals surface area contributed by atoms with E-state index in [-0.39, 0.29) is 36.6 Å². The summed E-state index contributed by atoms with van der Waals surface area (Å²) in [6.45, 7) is 4.45. The molecule has 2 bridgehead atoms. The highest BCUT2D eigenvalue weighted by Crippen LogP contribution is 2.57. The predicted molar refractivity (Wildman–Crippen MR) is 81.4 cm³/mol. The Kier molecular flexibility index (Phi) is 4.97. The molecule has 6 heteroatoms. The first kappa shape index (κ1) is 18.1. The molecule has 0 aromatic rings. The third kappa shape index (κ3) is 2.52. The number of hydrogen-bond acceptors (Lipinski definition) is 6. The maximum absolute atomic E-state index is 12.4. The van der Waals surface area contributed by atoms with Crippen LogP contribution in [-0.4, -0.2) is 47.6 Å². The molecule has 2 aliphatic carbocycles. The van der Waals surface area contributed by atoms with Crippen LogP contribution in [-0.2, 0) is 19.1 Å². The van der Waals surface area contributed by atoms with Crippen molar-refractivity contribution in [2.24, 2.45) is 28.6 Å². The Bertz CT molecular complexity index is 499. The summed E-state index contributed by atoms with van der Waals surface area (Å²) in [5.74, 6) is -1.68. The highest BCUT2D eigenvalue weighted by atomic mass is 16.5. The van der Waals surface area contributed by atoms with Gasteiger partial charge in [0, 0.05) is 5.92 Å². The Morgan fingerprint density at radius 3 is 2.43 bits per heavy atom. The van der Waals surface area contributed by atoms with Gasteiger partial charge in [0.05, 0.1) is 18.6 Å². The van der Waals surface area contributed by atoms with Crippen LogP contribution in [0.5, 0.6) is 0 Å². The molecule has 2 saturated carbocycles. The van der Waals surface area contributed by atoms with Crippen molar-refractivity contribution in [1.82, 2.24) is 0 Å². The smallest absolute Gasteiger partial charge is 0.316 e. The number of carbonyl (C=O) groups excluding carboxylic acids is 3. The summed E-state index contributed by atoms with van der Waals surface area (Å²) in [5, 5.41) is 18.8. The van der Waals surface area contributed by atoms with E-state index in [1.807, 2.05) is 13.8 Å². The molecule has 0 aliphatic heterocycles. The molecular weight excluding hydrogens is 300 g/mol. The number of ketones is 2. The Morgan fingerprint density at radius 1 is 1.35 bits per heavy atom. The zero-order valence-electron chi connectivity index (χ0n) is 14.0. The zero-order valence-corrected chi connectivity index (χ0v) is 14.0. The second-order valence-corrected chi connectivity index (χ2v) is 7.29. The lowest BCUT2D eigenvalue weighted by Crippen LogP contribution is -2.44. The van der Waals surface area contributed by atoms with Crippen LogP contribution in [0.15, 0.2) is 0 Å². The maximum Gasteiger partial charge on any atom is 0.316 e. The van der Waals surface area contributed by atoms with Crippen molar-refractivity contribution in [3.8, 4) is 0 Å². The monoisotopic (exact) mass is 326 g/mol. The number of ether oxygens (including phenoxy) is 1. The molecule has 0 aromatic carbocycles. The van der Waals surface area contributed by atoms with E-state index in [4.69, 9.17) is 4.74 Å². The fraction of sp³-hybridized carbons (Fsp3) is 0.824. The first-order chi connectivity index (χ1) is 10.8. The molecule has 3 unspecified atom stereocenters. The third-order valence-electron chi connectivity index (χ3n) is 5.88. The molecule has 0 heterocycles. The van der Waals surface area contributed by atoms with E-state index in [0.29, 0.717) is 12.8 Å². The van der Waals surface area contributed by atoms with Crippen molar-refractivity contribution >= 4 is 17.5 Å². The minimum absolute atomic E-state index is 0.102. The van der Waals surface area contributed by atoms with Crippen LogP contribution in [0.2, 0.25) is 0 Å². The summed E-state index contributed by atoms with van der Waals surface area (Å²) in [5.41, 5.74) is -2.27. The Hall–Kier alpha value is -1.27. The van der Waals surface area contributed by atoms with Crippen LogP contribution in [0.1, 0.15) is 40.0 Å². The van der Waals surface area contributed by atoms with Crippen molar-refractivity contribution in [2.45, 2.75) is 40.0 Å². The van der Waals surface area contributed by atoms with Gasteiger partial charge >= 0.3 is 5.97 Å². The normalized spacial score (nSPS) is 30.3. The number of rotatable bonds is 7. The lowest BCUT2D eigenvalue weighted by Gasteiger charge is -2.33. The van der Waals surface area contributed by atoms with Gasteiger partial charge in [0.1, 0.15) is 12.0 Å². The predicted octanol–water partition coefficient (Wildman–Crippen LogP) is 0.731. The van der Waals surface area contributed by atoms with Crippen molar-refractivity contribution in [3.63, 3.8) is 0 Å². The molecule has 0 radical (unpaired) electrons. The van der Waals surface area contributed by atoms with Gasteiger partial charge in [-0.1, -0.05) is 20.8 Å². The SMILES string of the molecule is CCC(CO)(CO)C(=O)OCC12CCC(C(=O)C1=O)C2C(C)C. The van der Waals surface area contributed by atoms with Crippen molar-refractivity contribution in [2.75, 3.05) is 19.8 Å². The number of Topliss-reactive ketones (excluding diaryl/α,β-unsaturated/α-hetero) is 2. The van der Waals surface area contributed by atoms with Gasteiger partial charge in [0.15, 0.2) is 0 Å². The number of fused-ring (bicyclic) bond motifs is 2. The summed E-state index contributed by atoms with van der Waals surface area (Å²) in [4.78, 5) is 36.9. The number of aliphatic hydroxyl groups is 2. The van der Waals surface area contributed by atoms with Gasteiger partial charge < -0.3 is 14.9 Å². The summed E-state index contributed by atoms with van der Waals surface area (Å²) in [6, 6.07) is 0. The van der Waals surface area contributed by atoms with Gasteiger partial charge in [-0.2, -0.15) is 0 Å². The van der Waals surface area contributed by atoms with Crippen LogP contribution < -0.4 is 0 Å². The fourth-order valence-electron chi connectivity index (χ4n) is 4.35. The van der Waals surface area contributed by atoms with Crippen molar-refractivity contribution in [3.05, 3.63) is 0 Å². The second kappa shape index (κ2) is 6.32. The first-order valence-electron chi connectivity index (χ1n) is 8.27. The summed E-state index contributed by atoms with van der Waals surface area (Å²) in [6.07, 6.45) is 1.44.